The molecule has 0 saturated carbocycles. The number of anilines is 2. The van der Waals surface area contributed by atoms with Gasteiger partial charge in [0.15, 0.2) is 0 Å². The van der Waals surface area contributed by atoms with Gasteiger partial charge in [0.2, 0.25) is 0 Å². The van der Waals surface area contributed by atoms with Crippen LogP contribution in [0.5, 0.6) is 6.01 Å². The van der Waals surface area contributed by atoms with Crippen LogP contribution >= 0.6 is 0 Å². The van der Waals surface area contributed by atoms with Crippen LogP contribution in [0.15, 0.2) is 53.5 Å². The zero-order chi connectivity index (χ0) is 17.6. The number of ether oxygens (including phenoxy) is 1. The van der Waals surface area contributed by atoms with Gasteiger partial charge in [0, 0.05) is 30.6 Å². The predicted octanol–water partition coefficient (Wildman–Crippen LogP) is 3.53. The lowest BCUT2D eigenvalue weighted by molar-refractivity contribution is 0.0175. The molecule has 126 valence electrons. The molecule has 0 aliphatic carbocycles. The first kappa shape index (κ1) is 17.3. The van der Waals surface area contributed by atoms with Gasteiger partial charge in [-0.15, -0.1) is 0 Å². The lowest BCUT2D eigenvalue weighted by Crippen LogP contribution is -2.07. The van der Waals surface area contributed by atoms with Crippen molar-refractivity contribution in [2.75, 3.05) is 17.7 Å². The van der Waals surface area contributed by atoms with Crippen molar-refractivity contribution < 1.29 is 13.5 Å². The van der Waals surface area contributed by atoms with Crippen LogP contribution in [-0.2, 0) is 5.92 Å². The minimum atomic E-state index is -2.93. The average molecular weight is 334 g/mol. The highest BCUT2D eigenvalue weighted by Crippen LogP contribution is 2.28. The van der Waals surface area contributed by atoms with Crippen LogP contribution in [0.4, 0.5) is 20.3 Å². The van der Waals surface area contributed by atoms with Crippen molar-refractivity contribution in [1.29, 1.82) is 5.53 Å². The summed E-state index contributed by atoms with van der Waals surface area (Å²) in [5.41, 5.74) is 13.2. The van der Waals surface area contributed by atoms with Gasteiger partial charge in [-0.3, -0.25) is 0 Å². The summed E-state index contributed by atoms with van der Waals surface area (Å²) in [4.78, 5) is 7.70. The molecule has 0 radical (unpaired) electrons. The number of rotatable bonds is 7. The number of alkyl halides is 2. The molecule has 0 bridgehead atoms. The second kappa shape index (κ2) is 7.44. The van der Waals surface area contributed by atoms with Gasteiger partial charge in [-0.1, -0.05) is 12.1 Å². The van der Waals surface area contributed by atoms with Gasteiger partial charge in [0.05, 0.1) is 0 Å². The van der Waals surface area contributed by atoms with Crippen molar-refractivity contribution >= 4 is 11.5 Å². The monoisotopic (exact) mass is 334 g/mol. The molecule has 0 atom stereocenters. The first-order chi connectivity index (χ1) is 11.4. The Kier molecular flexibility index (Phi) is 5.35. The van der Waals surface area contributed by atoms with E-state index in [4.69, 9.17) is 16.0 Å². The Balaban J connectivity index is 2.02. The second-order valence-corrected chi connectivity index (χ2v) is 4.91. The zero-order valence-electron chi connectivity index (χ0n) is 12.8. The van der Waals surface area contributed by atoms with E-state index < -0.39 is 5.92 Å². The van der Waals surface area contributed by atoms with Crippen molar-refractivity contribution in [3.63, 3.8) is 0 Å². The highest BCUT2D eigenvalue weighted by atomic mass is 19.3. The molecule has 4 N–H and O–H groups in total. The number of nitrogens with zero attached hydrogens (tertiary/aromatic N) is 3. The molecule has 2 rings (SSSR count). The molecule has 0 amide bonds. The van der Waals surface area contributed by atoms with Crippen molar-refractivity contribution in [2.45, 2.75) is 12.8 Å². The van der Waals surface area contributed by atoms with Crippen molar-refractivity contribution in [1.82, 2.24) is 9.97 Å². The largest absolute Gasteiger partial charge is 0.457 e. The lowest BCUT2D eigenvalue weighted by atomic mass is 10.1. The third kappa shape index (κ3) is 4.97. The van der Waals surface area contributed by atoms with E-state index in [1.165, 1.54) is 36.7 Å². The smallest absolute Gasteiger partial charge is 0.318 e. The molecule has 0 aliphatic rings. The predicted molar refractivity (Wildman–Crippen MR) is 84.8 cm³/mol. The van der Waals surface area contributed by atoms with E-state index in [-0.39, 0.29) is 29.7 Å². The van der Waals surface area contributed by atoms with E-state index in [1.807, 2.05) is 0 Å². The van der Waals surface area contributed by atoms with Crippen LogP contribution in [0.25, 0.3) is 0 Å². The average Bonchev–Trinajstić information content (AvgIpc) is 2.54. The highest BCUT2D eigenvalue weighted by Gasteiger charge is 2.23. The summed E-state index contributed by atoms with van der Waals surface area (Å²) in [6.45, 7) is 0.746. The maximum Gasteiger partial charge on any atom is 0.318 e. The van der Waals surface area contributed by atoms with E-state index in [2.05, 4.69) is 20.4 Å². The molecule has 1 aromatic heterocycles. The standard InChI is InChI=1S/C15H16F2N6O/c1-15(16,17)10-3-2-4-11(7-10)21-8-12(23-19)9-24-14-20-6-5-13(18)22-14/h2-8,19,21H,9H2,1H3,(H2,18,20,22)/b12-8-,23-19?. The molecule has 1 heterocycles. The Bertz CT molecular complexity index is 745. The fourth-order valence-electron chi connectivity index (χ4n) is 1.72. The second-order valence-electron chi connectivity index (χ2n) is 4.91. The fraction of sp³-hybridized carbons (Fsp3) is 0.200. The normalized spacial score (nSPS) is 11.9. The number of nitrogens with two attached hydrogens (primary N) is 1. The maximum atomic E-state index is 13.3. The minimum Gasteiger partial charge on any atom is -0.457 e. The van der Waals surface area contributed by atoms with E-state index in [0.717, 1.165) is 6.92 Å². The Morgan fingerprint density at radius 3 is 2.92 bits per heavy atom. The molecular weight excluding hydrogens is 318 g/mol. The third-order valence-electron chi connectivity index (χ3n) is 2.92. The molecule has 9 heteroatoms. The maximum absolute atomic E-state index is 13.3. The number of hydrogen-bond donors (Lipinski definition) is 3. The van der Waals surface area contributed by atoms with Gasteiger partial charge in [-0.2, -0.15) is 10.1 Å². The lowest BCUT2D eigenvalue weighted by Gasteiger charge is -2.12. The van der Waals surface area contributed by atoms with Crippen molar-refractivity contribution in [2.24, 2.45) is 5.11 Å². The summed E-state index contributed by atoms with van der Waals surface area (Å²) in [6.07, 6.45) is 2.82. The Hall–Kier alpha value is -3.10. The van der Waals surface area contributed by atoms with Gasteiger partial charge in [0.25, 0.3) is 5.92 Å². The molecular formula is C15H16F2N6O. The number of halogens is 2. The Morgan fingerprint density at radius 1 is 1.46 bits per heavy atom. The Morgan fingerprint density at radius 2 is 2.25 bits per heavy atom. The van der Waals surface area contributed by atoms with E-state index in [0.29, 0.717) is 5.69 Å². The Labute approximate surface area is 137 Å². The number of aromatic nitrogens is 2. The first-order valence-electron chi connectivity index (χ1n) is 6.91. The molecule has 1 aromatic carbocycles. The summed E-state index contributed by atoms with van der Waals surface area (Å²) in [5.74, 6) is -2.68. The van der Waals surface area contributed by atoms with Gasteiger partial charge in [-0.25, -0.2) is 19.3 Å². The van der Waals surface area contributed by atoms with Crippen LogP contribution in [0.3, 0.4) is 0 Å². The molecule has 0 fully saturated rings. The molecule has 2 aromatic rings. The first-order valence-corrected chi connectivity index (χ1v) is 6.91. The molecule has 0 spiro atoms. The zero-order valence-corrected chi connectivity index (χ0v) is 12.8. The highest BCUT2D eigenvalue weighted by molar-refractivity contribution is 5.49. The van der Waals surface area contributed by atoms with Gasteiger partial charge < -0.3 is 15.8 Å². The minimum absolute atomic E-state index is 0.0529. The van der Waals surface area contributed by atoms with Crippen molar-refractivity contribution in [3.05, 3.63) is 54.0 Å². The summed E-state index contributed by atoms with van der Waals surface area (Å²) < 4.78 is 31.9. The molecule has 7 nitrogen and oxygen atoms in total. The van der Waals surface area contributed by atoms with E-state index in [1.54, 1.807) is 6.07 Å². The summed E-state index contributed by atoms with van der Waals surface area (Å²) >= 11 is 0. The van der Waals surface area contributed by atoms with Crippen LogP contribution in [0.2, 0.25) is 0 Å². The molecule has 24 heavy (non-hydrogen) atoms. The third-order valence-corrected chi connectivity index (χ3v) is 2.92. The van der Waals surface area contributed by atoms with Crippen molar-refractivity contribution in [3.8, 4) is 6.01 Å². The number of nitrogen functional groups attached to an aromatic ring is 1. The quantitative estimate of drug-likeness (QED) is 0.671. The SMILES string of the molecule is CC(F)(F)c1cccc(N/C=C(/COc2nccc(N)n2)N=N)c1. The van der Waals surface area contributed by atoms with E-state index in [9.17, 15) is 8.78 Å². The number of benzene rings is 1. The summed E-state index contributed by atoms with van der Waals surface area (Å²) in [7, 11) is 0. The van der Waals surface area contributed by atoms with Crippen LogP contribution < -0.4 is 15.8 Å². The van der Waals surface area contributed by atoms with Gasteiger partial charge >= 0.3 is 6.01 Å². The summed E-state index contributed by atoms with van der Waals surface area (Å²) in [6, 6.07) is 7.35. The fourth-order valence-corrected chi connectivity index (χ4v) is 1.72. The van der Waals surface area contributed by atoms with Gasteiger partial charge in [0.1, 0.15) is 18.1 Å². The number of nitrogens with one attached hydrogen (secondary N) is 2. The van der Waals surface area contributed by atoms with Crippen LogP contribution in [0.1, 0.15) is 12.5 Å². The van der Waals surface area contributed by atoms with Gasteiger partial charge in [-0.05, 0) is 18.2 Å². The molecule has 0 aliphatic heterocycles. The summed E-state index contributed by atoms with van der Waals surface area (Å²) in [5, 5.41) is 6.10. The number of hydrogen-bond acceptors (Lipinski definition) is 7. The molecule has 0 unspecified atom stereocenters. The topological polar surface area (TPSA) is 109 Å². The molecule has 0 saturated heterocycles. The van der Waals surface area contributed by atoms with E-state index >= 15 is 0 Å². The van der Waals surface area contributed by atoms with Crippen LogP contribution in [0, 0.1) is 5.53 Å². The van der Waals surface area contributed by atoms with Crippen LogP contribution in [-0.4, -0.2) is 16.6 Å².